The summed E-state index contributed by atoms with van der Waals surface area (Å²) in [6.07, 6.45) is 6.31. The van der Waals surface area contributed by atoms with Gasteiger partial charge in [-0.05, 0) is 24.0 Å². The Labute approximate surface area is 148 Å². The van der Waals surface area contributed by atoms with Gasteiger partial charge in [0.1, 0.15) is 5.52 Å². The van der Waals surface area contributed by atoms with Crippen LogP contribution in [-0.4, -0.2) is 26.1 Å². The largest absolute Gasteiger partial charge is 0.382 e. The SMILES string of the molecule is CCCCCNc1nc(N)c2ncn(Cc3ccc(CC)cc3)c2n1. The van der Waals surface area contributed by atoms with Crippen molar-refractivity contribution in [1.82, 2.24) is 19.5 Å². The lowest BCUT2D eigenvalue weighted by molar-refractivity contribution is 0.740. The van der Waals surface area contributed by atoms with Gasteiger partial charge >= 0.3 is 0 Å². The number of imidazole rings is 1. The lowest BCUT2D eigenvalue weighted by atomic mass is 10.1. The van der Waals surface area contributed by atoms with Crippen molar-refractivity contribution >= 4 is 22.9 Å². The molecular weight excluding hydrogens is 312 g/mol. The van der Waals surface area contributed by atoms with Crippen molar-refractivity contribution in [2.45, 2.75) is 46.1 Å². The van der Waals surface area contributed by atoms with Crippen LogP contribution in [0.1, 0.15) is 44.2 Å². The van der Waals surface area contributed by atoms with E-state index in [1.807, 2.05) is 4.57 Å². The van der Waals surface area contributed by atoms with Crippen molar-refractivity contribution in [1.29, 1.82) is 0 Å². The molecular formula is C19H26N6. The van der Waals surface area contributed by atoms with E-state index in [1.165, 1.54) is 24.0 Å². The van der Waals surface area contributed by atoms with Crippen molar-refractivity contribution < 1.29 is 0 Å². The second-order valence-electron chi connectivity index (χ2n) is 6.28. The highest BCUT2D eigenvalue weighted by Crippen LogP contribution is 2.19. The van der Waals surface area contributed by atoms with Crippen molar-refractivity contribution in [3.8, 4) is 0 Å². The minimum atomic E-state index is 0.420. The highest BCUT2D eigenvalue weighted by Gasteiger charge is 2.11. The second-order valence-corrected chi connectivity index (χ2v) is 6.28. The number of benzene rings is 1. The summed E-state index contributed by atoms with van der Waals surface area (Å²) in [7, 11) is 0. The van der Waals surface area contributed by atoms with Crippen LogP contribution in [0.25, 0.3) is 11.2 Å². The van der Waals surface area contributed by atoms with Crippen LogP contribution in [0, 0.1) is 0 Å². The lowest BCUT2D eigenvalue weighted by Crippen LogP contribution is -2.08. The zero-order valence-corrected chi connectivity index (χ0v) is 15.0. The minimum Gasteiger partial charge on any atom is -0.382 e. The summed E-state index contributed by atoms with van der Waals surface area (Å²) in [5, 5.41) is 3.27. The van der Waals surface area contributed by atoms with E-state index < -0.39 is 0 Å². The Hall–Kier alpha value is -2.63. The summed E-state index contributed by atoms with van der Waals surface area (Å²) in [6.45, 7) is 5.91. The fourth-order valence-electron chi connectivity index (χ4n) is 2.81. The highest BCUT2D eigenvalue weighted by atomic mass is 15.2. The Morgan fingerprint density at radius 1 is 1.04 bits per heavy atom. The third-order valence-corrected chi connectivity index (χ3v) is 4.34. The number of hydrogen-bond donors (Lipinski definition) is 2. The van der Waals surface area contributed by atoms with Crippen LogP contribution in [0.3, 0.4) is 0 Å². The predicted octanol–water partition coefficient (Wildman–Crippen LogP) is 3.62. The Bertz CT molecular complexity index is 822. The summed E-state index contributed by atoms with van der Waals surface area (Å²) in [5.74, 6) is 0.993. The number of hydrogen-bond acceptors (Lipinski definition) is 5. The van der Waals surface area contributed by atoms with Gasteiger partial charge in [-0.2, -0.15) is 9.97 Å². The summed E-state index contributed by atoms with van der Waals surface area (Å²) in [4.78, 5) is 13.3. The molecule has 0 bridgehead atoms. The maximum absolute atomic E-state index is 6.07. The molecule has 1 aromatic carbocycles. The van der Waals surface area contributed by atoms with Gasteiger partial charge in [0.25, 0.3) is 0 Å². The van der Waals surface area contributed by atoms with Crippen molar-refractivity contribution in [3.05, 3.63) is 41.7 Å². The molecule has 25 heavy (non-hydrogen) atoms. The quantitative estimate of drug-likeness (QED) is 0.613. The molecule has 2 aromatic heterocycles. The van der Waals surface area contributed by atoms with Gasteiger partial charge in [-0.25, -0.2) is 4.98 Å². The molecule has 0 spiro atoms. The number of nitrogens with two attached hydrogens (primary N) is 1. The van der Waals surface area contributed by atoms with E-state index in [0.717, 1.165) is 25.0 Å². The van der Waals surface area contributed by atoms with Gasteiger partial charge < -0.3 is 15.6 Å². The first-order valence-corrected chi connectivity index (χ1v) is 9.01. The average Bonchev–Trinajstić information content (AvgIpc) is 3.03. The van der Waals surface area contributed by atoms with Gasteiger partial charge in [0.2, 0.25) is 5.95 Å². The number of nitrogen functional groups attached to an aromatic ring is 1. The summed E-state index contributed by atoms with van der Waals surface area (Å²) in [5.41, 5.74) is 10.0. The Kier molecular flexibility index (Phi) is 5.48. The molecule has 3 rings (SSSR count). The molecule has 0 saturated carbocycles. The highest BCUT2D eigenvalue weighted by molar-refractivity contribution is 5.82. The maximum atomic E-state index is 6.07. The minimum absolute atomic E-state index is 0.420. The van der Waals surface area contributed by atoms with Crippen molar-refractivity contribution in [2.75, 3.05) is 17.6 Å². The van der Waals surface area contributed by atoms with Gasteiger partial charge in [0.05, 0.1) is 12.9 Å². The molecule has 0 aliphatic heterocycles. The molecule has 0 saturated heterocycles. The number of nitrogens with zero attached hydrogens (tertiary/aromatic N) is 4. The Morgan fingerprint density at radius 2 is 1.80 bits per heavy atom. The smallest absolute Gasteiger partial charge is 0.226 e. The molecule has 0 aliphatic carbocycles. The van der Waals surface area contributed by atoms with E-state index in [2.05, 4.69) is 58.4 Å². The number of aryl methyl sites for hydroxylation is 1. The standard InChI is InChI=1S/C19H26N6/c1-3-5-6-11-21-19-23-17(20)16-18(24-19)25(13-22-16)12-15-9-7-14(4-2)8-10-15/h7-10,13H,3-6,11-12H2,1-2H3,(H3,20,21,23,24). The molecule has 2 heterocycles. The molecule has 0 unspecified atom stereocenters. The first-order valence-electron chi connectivity index (χ1n) is 9.01. The van der Waals surface area contributed by atoms with Crippen LogP contribution < -0.4 is 11.1 Å². The van der Waals surface area contributed by atoms with Crippen molar-refractivity contribution in [3.63, 3.8) is 0 Å². The van der Waals surface area contributed by atoms with Gasteiger partial charge in [0, 0.05) is 6.54 Å². The average molecular weight is 338 g/mol. The van der Waals surface area contributed by atoms with Crippen molar-refractivity contribution in [2.24, 2.45) is 0 Å². The first kappa shape index (κ1) is 17.2. The number of rotatable bonds is 8. The molecule has 0 atom stereocenters. The molecule has 0 aliphatic rings. The van der Waals surface area contributed by atoms with Gasteiger partial charge in [0.15, 0.2) is 11.5 Å². The zero-order valence-electron chi connectivity index (χ0n) is 15.0. The van der Waals surface area contributed by atoms with Crippen LogP contribution >= 0.6 is 0 Å². The molecule has 6 heteroatoms. The molecule has 0 radical (unpaired) electrons. The summed E-state index contributed by atoms with van der Waals surface area (Å²) >= 11 is 0. The number of aromatic nitrogens is 4. The number of fused-ring (bicyclic) bond motifs is 1. The van der Waals surface area contributed by atoms with E-state index in [-0.39, 0.29) is 0 Å². The Balaban J connectivity index is 1.81. The van der Waals surface area contributed by atoms with E-state index >= 15 is 0 Å². The van der Waals surface area contributed by atoms with E-state index in [1.54, 1.807) is 6.33 Å². The third-order valence-electron chi connectivity index (χ3n) is 4.34. The van der Waals surface area contributed by atoms with Crippen LogP contribution in [-0.2, 0) is 13.0 Å². The molecule has 3 N–H and O–H groups in total. The summed E-state index contributed by atoms with van der Waals surface area (Å²) < 4.78 is 2.02. The van der Waals surface area contributed by atoms with E-state index in [4.69, 9.17) is 5.73 Å². The van der Waals surface area contributed by atoms with Crippen LogP contribution in [0.4, 0.5) is 11.8 Å². The predicted molar refractivity (Wildman–Crippen MR) is 103 cm³/mol. The Morgan fingerprint density at radius 3 is 2.52 bits per heavy atom. The second kappa shape index (κ2) is 7.96. The fraction of sp³-hybridized carbons (Fsp3) is 0.421. The number of anilines is 2. The van der Waals surface area contributed by atoms with Gasteiger partial charge in [-0.1, -0.05) is 51.0 Å². The number of unbranched alkanes of at least 4 members (excludes halogenated alkanes) is 2. The van der Waals surface area contributed by atoms with Gasteiger partial charge in [-0.15, -0.1) is 0 Å². The summed E-state index contributed by atoms with van der Waals surface area (Å²) in [6, 6.07) is 8.63. The molecule has 0 amide bonds. The topological polar surface area (TPSA) is 81.6 Å². The maximum Gasteiger partial charge on any atom is 0.226 e. The van der Waals surface area contributed by atoms with Crippen LogP contribution in [0.15, 0.2) is 30.6 Å². The van der Waals surface area contributed by atoms with Crippen LogP contribution in [0.2, 0.25) is 0 Å². The number of nitrogens with one attached hydrogen (secondary N) is 1. The molecule has 132 valence electrons. The molecule has 6 nitrogen and oxygen atoms in total. The van der Waals surface area contributed by atoms with Crippen LogP contribution in [0.5, 0.6) is 0 Å². The lowest BCUT2D eigenvalue weighted by Gasteiger charge is -2.08. The fourth-order valence-corrected chi connectivity index (χ4v) is 2.81. The monoisotopic (exact) mass is 338 g/mol. The zero-order chi connectivity index (χ0) is 17.6. The first-order chi connectivity index (χ1) is 12.2. The van der Waals surface area contributed by atoms with Gasteiger partial charge in [-0.3, -0.25) is 0 Å². The van der Waals surface area contributed by atoms with E-state index in [9.17, 15) is 0 Å². The molecule has 0 fully saturated rings. The normalized spacial score (nSPS) is 11.1. The molecule has 3 aromatic rings. The third kappa shape index (κ3) is 4.07. The van der Waals surface area contributed by atoms with E-state index in [0.29, 0.717) is 23.8 Å².